The maximum Gasteiger partial charge on any atom is 0.348 e. The fourth-order valence-corrected chi connectivity index (χ4v) is 5.19. The second-order valence-corrected chi connectivity index (χ2v) is 9.25. The average Bonchev–Trinajstić information content (AvgIpc) is 3.29. The Morgan fingerprint density at radius 2 is 1.83 bits per heavy atom. The predicted molar refractivity (Wildman–Crippen MR) is 127 cm³/mol. The van der Waals surface area contributed by atoms with Gasteiger partial charge in [0.2, 0.25) is 5.91 Å². The Balaban J connectivity index is 1.65. The first-order chi connectivity index (χ1) is 16.8. The Labute approximate surface area is 204 Å². The second-order valence-electron chi connectivity index (χ2n) is 9.25. The summed E-state index contributed by atoms with van der Waals surface area (Å²) in [6, 6.07) is 4.32. The van der Waals surface area contributed by atoms with Crippen LogP contribution < -0.4 is 4.90 Å². The minimum Gasteiger partial charge on any atom is -0.419 e. The number of rotatable bonds is 6. The third-order valence-corrected chi connectivity index (χ3v) is 7.07. The van der Waals surface area contributed by atoms with Crippen LogP contribution in [0.4, 0.5) is 11.4 Å². The number of carbonyl (C=O) groups is 3. The van der Waals surface area contributed by atoms with Crippen LogP contribution in [0.15, 0.2) is 23.8 Å². The molecule has 0 aromatic heterocycles. The molecular formula is C25H31N3O7. The minimum atomic E-state index is -1.19. The molecule has 4 rings (SSSR count). The summed E-state index contributed by atoms with van der Waals surface area (Å²) < 4.78 is 11.0. The van der Waals surface area contributed by atoms with Crippen molar-refractivity contribution >= 4 is 35.3 Å². The van der Waals surface area contributed by atoms with Gasteiger partial charge in [-0.15, -0.1) is 0 Å². The van der Waals surface area contributed by atoms with E-state index in [1.165, 1.54) is 18.2 Å². The van der Waals surface area contributed by atoms with Crippen molar-refractivity contribution in [2.45, 2.75) is 58.2 Å². The Bertz CT molecular complexity index is 1040. The molecule has 10 heteroatoms. The van der Waals surface area contributed by atoms with E-state index in [2.05, 4.69) is 0 Å². The molecule has 35 heavy (non-hydrogen) atoms. The normalized spacial score (nSPS) is 21.5. The van der Waals surface area contributed by atoms with Crippen LogP contribution in [0.25, 0.3) is 6.08 Å². The van der Waals surface area contributed by atoms with E-state index in [1.807, 2.05) is 18.7 Å². The highest BCUT2D eigenvalue weighted by Gasteiger charge is 2.48. The minimum absolute atomic E-state index is 0.0859. The summed E-state index contributed by atoms with van der Waals surface area (Å²) in [6.45, 7) is 6.25. The molecule has 1 amide bonds. The molecule has 0 radical (unpaired) electrons. The van der Waals surface area contributed by atoms with Crippen molar-refractivity contribution in [3.63, 3.8) is 0 Å². The van der Waals surface area contributed by atoms with Crippen LogP contribution in [-0.2, 0) is 23.9 Å². The molecule has 188 valence electrons. The van der Waals surface area contributed by atoms with Gasteiger partial charge in [-0.2, -0.15) is 0 Å². The first kappa shape index (κ1) is 24.7. The number of ether oxygens (including phenoxy) is 2. The predicted octanol–water partition coefficient (Wildman–Crippen LogP) is 3.43. The van der Waals surface area contributed by atoms with Crippen molar-refractivity contribution in [1.29, 1.82) is 0 Å². The number of carbonyl (C=O) groups excluding carboxylic acids is 3. The highest BCUT2D eigenvalue weighted by atomic mass is 16.7. The van der Waals surface area contributed by atoms with Crippen LogP contribution in [-0.4, -0.2) is 59.6 Å². The quantitative estimate of drug-likeness (QED) is 0.198. The standard InChI is InChI=1S/C25H31N3O7/c1-3-26(4-2)22(29)17-8-7-13-27(16-17)21-10-9-19(28(32)33)14-18(21)15-20-23(30)34-25(35-24(20)31)11-5-6-12-25/h9-10,14-15,17H,3-8,11-13,16H2,1-2H3/t17-/m0/s1. The third-order valence-electron chi connectivity index (χ3n) is 7.07. The van der Waals surface area contributed by atoms with E-state index in [1.54, 1.807) is 11.0 Å². The summed E-state index contributed by atoms with van der Waals surface area (Å²) in [5, 5.41) is 11.5. The lowest BCUT2D eigenvalue weighted by Crippen LogP contribution is -2.45. The van der Waals surface area contributed by atoms with Gasteiger partial charge in [0, 0.05) is 62.4 Å². The topological polar surface area (TPSA) is 119 Å². The van der Waals surface area contributed by atoms with Crippen molar-refractivity contribution in [1.82, 2.24) is 4.90 Å². The largest absolute Gasteiger partial charge is 0.419 e. The maximum atomic E-state index is 13.0. The molecule has 2 aliphatic heterocycles. The SMILES string of the molecule is CCN(CC)C(=O)[C@H]1CCCN(c2ccc([N+](=O)[O-])cc2C=C2C(=O)OC3(CCCC3)OC2=O)C1. The molecule has 2 heterocycles. The first-order valence-corrected chi connectivity index (χ1v) is 12.3. The zero-order chi connectivity index (χ0) is 25.2. The van der Waals surface area contributed by atoms with Gasteiger partial charge in [-0.3, -0.25) is 14.9 Å². The third kappa shape index (κ3) is 5.01. The Kier molecular flexibility index (Phi) is 7.09. The number of hydrogen-bond donors (Lipinski definition) is 0. The smallest absolute Gasteiger partial charge is 0.348 e. The van der Waals surface area contributed by atoms with Crippen LogP contribution >= 0.6 is 0 Å². The number of nitro groups is 1. The lowest BCUT2D eigenvalue weighted by molar-refractivity contribution is -0.384. The van der Waals surface area contributed by atoms with Crippen molar-refractivity contribution in [3.8, 4) is 0 Å². The Morgan fingerprint density at radius 3 is 2.43 bits per heavy atom. The summed E-state index contributed by atoms with van der Waals surface area (Å²) >= 11 is 0. The van der Waals surface area contributed by atoms with E-state index in [-0.39, 0.29) is 23.1 Å². The Hall–Kier alpha value is -3.43. The van der Waals surface area contributed by atoms with E-state index in [4.69, 9.17) is 9.47 Å². The number of non-ortho nitro benzene ring substituents is 1. The number of nitro benzene ring substituents is 1. The molecule has 0 bridgehead atoms. The summed E-state index contributed by atoms with van der Waals surface area (Å²) in [5.74, 6) is -2.88. The molecule has 3 fully saturated rings. The number of anilines is 1. The van der Waals surface area contributed by atoms with Crippen molar-refractivity contribution in [3.05, 3.63) is 39.4 Å². The molecule has 10 nitrogen and oxygen atoms in total. The van der Waals surface area contributed by atoms with Crippen LogP contribution in [0.5, 0.6) is 0 Å². The number of hydrogen-bond acceptors (Lipinski definition) is 8. The molecule has 1 aliphatic carbocycles. The molecule has 3 aliphatic rings. The summed E-state index contributed by atoms with van der Waals surface area (Å²) in [6.07, 6.45) is 5.39. The fraction of sp³-hybridized carbons (Fsp3) is 0.560. The number of piperidine rings is 1. The van der Waals surface area contributed by atoms with Crippen molar-refractivity contribution in [2.24, 2.45) is 5.92 Å². The van der Waals surface area contributed by atoms with Crippen LogP contribution in [0.2, 0.25) is 0 Å². The van der Waals surface area contributed by atoms with Gasteiger partial charge in [-0.25, -0.2) is 9.59 Å². The average molecular weight is 486 g/mol. The van der Waals surface area contributed by atoms with Gasteiger partial charge in [0.05, 0.1) is 10.8 Å². The summed E-state index contributed by atoms with van der Waals surface area (Å²) in [4.78, 5) is 53.2. The highest BCUT2D eigenvalue weighted by molar-refractivity contribution is 6.19. The van der Waals surface area contributed by atoms with E-state index in [0.717, 1.165) is 25.7 Å². The molecule has 1 aromatic rings. The highest BCUT2D eigenvalue weighted by Crippen LogP contribution is 2.39. The summed E-state index contributed by atoms with van der Waals surface area (Å²) in [7, 11) is 0. The van der Waals surface area contributed by atoms with Crippen LogP contribution in [0.3, 0.4) is 0 Å². The van der Waals surface area contributed by atoms with Gasteiger partial charge in [0.1, 0.15) is 5.57 Å². The number of benzene rings is 1. The van der Waals surface area contributed by atoms with Gasteiger partial charge < -0.3 is 19.3 Å². The van der Waals surface area contributed by atoms with Gasteiger partial charge in [-0.05, 0) is 51.7 Å². The van der Waals surface area contributed by atoms with Crippen LogP contribution in [0.1, 0.15) is 57.9 Å². The Morgan fingerprint density at radius 1 is 1.17 bits per heavy atom. The van der Waals surface area contributed by atoms with E-state index >= 15 is 0 Å². The van der Waals surface area contributed by atoms with Gasteiger partial charge in [-0.1, -0.05) is 0 Å². The molecular weight excluding hydrogens is 454 g/mol. The summed E-state index contributed by atoms with van der Waals surface area (Å²) in [5.41, 5.74) is 0.485. The lowest BCUT2D eigenvalue weighted by atomic mass is 9.95. The second kappa shape index (κ2) is 10.1. The van der Waals surface area contributed by atoms with E-state index < -0.39 is 22.6 Å². The van der Waals surface area contributed by atoms with Crippen molar-refractivity contribution < 1.29 is 28.8 Å². The maximum absolute atomic E-state index is 13.0. The monoisotopic (exact) mass is 485 g/mol. The lowest BCUT2D eigenvalue weighted by Gasteiger charge is -2.36. The van der Waals surface area contributed by atoms with Gasteiger partial charge in [0.15, 0.2) is 0 Å². The number of esters is 2. The molecule has 0 unspecified atom stereocenters. The van der Waals surface area contributed by atoms with E-state index in [0.29, 0.717) is 50.3 Å². The zero-order valence-corrected chi connectivity index (χ0v) is 20.2. The molecule has 1 atom stereocenters. The van der Waals surface area contributed by atoms with E-state index in [9.17, 15) is 24.5 Å². The first-order valence-electron chi connectivity index (χ1n) is 12.3. The molecule has 1 aromatic carbocycles. The van der Waals surface area contributed by atoms with Crippen LogP contribution in [0, 0.1) is 16.0 Å². The molecule has 0 N–H and O–H groups in total. The zero-order valence-electron chi connectivity index (χ0n) is 20.2. The molecule has 1 saturated carbocycles. The molecule has 2 saturated heterocycles. The molecule has 1 spiro atoms. The number of nitrogens with zero attached hydrogens (tertiary/aromatic N) is 3. The van der Waals surface area contributed by atoms with Crippen molar-refractivity contribution in [2.75, 3.05) is 31.1 Å². The number of amides is 1. The van der Waals surface area contributed by atoms with Gasteiger partial charge >= 0.3 is 11.9 Å². The fourth-order valence-electron chi connectivity index (χ4n) is 5.19. The van der Waals surface area contributed by atoms with Gasteiger partial charge in [0.25, 0.3) is 11.5 Å².